The Morgan fingerprint density at radius 1 is 0.277 bits per heavy atom. The van der Waals surface area contributed by atoms with Crippen molar-refractivity contribution in [1.29, 1.82) is 0 Å². The van der Waals surface area contributed by atoms with E-state index in [2.05, 4.69) is 0 Å². The first-order valence-electron chi connectivity index (χ1n) is 15.3. The van der Waals surface area contributed by atoms with E-state index in [1.165, 1.54) is 24.3 Å². The van der Waals surface area contributed by atoms with Crippen LogP contribution in [0, 0.1) is 23.3 Å². The van der Waals surface area contributed by atoms with Crippen molar-refractivity contribution < 1.29 is 17.6 Å². The molecule has 0 fully saturated rings. The van der Waals surface area contributed by atoms with Gasteiger partial charge in [0.05, 0.1) is 5.41 Å². The fourth-order valence-corrected chi connectivity index (χ4v) is 6.52. The highest BCUT2D eigenvalue weighted by Gasteiger charge is 2.40. The van der Waals surface area contributed by atoms with Gasteiger partial charge >= 0.3 is 0 Å². The van der Waals surface area contributed by atoms with E-state index < -0.39 is 11.2 Å². The molecule has 0 atom stereocenters. The Labute approximate surface area is 271 Å². The van der Waals surface area contributed by atoms with Crippen LogP contribution in [-0.4, -0.2) is 0 Å². The molecule has 228 valence electrons. The first-order chi connectivity index (χ1) is 23.0. The van der Waals surface area contributed by atoms with E-state index in [0.29, 0.717) is 38.9 Å². The van der Waals surface area contributed by atoms with Gasteiger partial charge in [-0.1, -0.05) is 146 Å². The summed E-state index contributed by atoms with van der Waals surface area (Å²) in [5.74, 6) is -1.43. The zero-order valence-electron chi connectivity index (χ0n) is 25.2. The molecule has 0 aromatic heterocycles. The smallest absolute Gasteiger partial charge is 0.131 e. The van der Waals surface area contributed by atoms with E-state index in [1.54, 1.807) is 72.8 Å². The summed E-state index contributed by atoms with van der Waals surface area (Å²) in [7, 11) is 0. The molecule has 47 heavy (non-hydrogen) atoms. The summed E-state index contributed by atoms with van der Waals surface area (Å²) in [6.45, 7) is 0. The highest BCUT2D eigenvalue weighted by molar-refractivity contribution is 5.71. The van der Waals surface area contributed by atoms with Gasteiger partial charge in [0.2, 0.25) is 0 Å². The van der Waals surface area contributed by atoms with E-state index in [0.717, 1.165) is 16.7 Å². The zero-order valence-corrected chi connectivity index (χ0v) is 25.2. The number of hydrogen-bond donors (Lipinski definition) is 0. The van der Waals surface area contributed by atoms with Crippen LogP contribution in [0.1, 0.15) is 22.3 Å². The topological polar surface area (TPSA) is 0 Å². The van der Waals surface area contributed by atoms with Gasteiger partial charge in [-0.2, -0.15) is 0 Å². The van der Waals surface area contributed by atoms with Crippen LogP contribution >= 0.6 is 0 Å². The normalized spacial score (nSPS) is 11.4. The van der Waals surface area contributed by atoms with E-state index >= 15 is 4.39 Å². The molecule has 7 aromatic rings. The molecule has 0 nitrogen and oxygen atoms in total. The van der Waals surface area contributed by atoms with Gasteiger partial charge in [0.1, 0.15) is 23.3 Å². The minimum Gasteiger partial charge on any atom is -0.207 e. The highest BCUT2D eigenvalue weighted by Crippen LogP contribution is 2.47. The average Bonchev–Trinajstić information content (AvgIpc) is 3.11. The maximum atomic E-state index is 16.2. The maximum absolute atomic E-state index is 16.2. The van der Waals surface area contributed by atoms with Gasteiger partial charge in [-0.15, -0.1) is 0 Å². The number of hydrogen-bond acceptors (Lipinski definition) is 0. The molecular formula is C43H28F4. The molecule has 0 spiro atoms. The Hall–Kier alpha value is -5.74. The monoisotopic (exact) mass is 620 g/mol. The molecule has 0 saturated carbocycles. The fraction of sp³-hybridized carbons (Fsp3) is 0.0233. The van der Waals surface area contributed by atoms with Gasteiger partial charge < -0.3 is 0 Å². The van der Waals surface area contributed by atoms with Crippen LogP contribution in [0.2, 0.25) is 0 Å². The molecule has 0 aliphatic rings. The number of rotatable bonds is 7. The fourth-order valence-electron chi connectivity index (χ4n) is 6.52. The van der Waals surface area contributed by atoms with Gasteiger partial charge in [0, 0.05) is 22.3 Å². The molecular weight excluding hydrogens is 592 g/mol. The van der Waals surface area contributed by atoms with Crippen LogP contribution in [0.4, 0.5) is 17.6 Å². The first-order valence-corrected chi connectivity index (χ1v) is 15.3. The van der Waals surface area contributed by atoms with E-state index in [-0.39, 0.29) is 17.5 Å². The third kappa shape index (κ3) is 5.42. The third-order valence-corrected chi connectivity index (χ3v) is 8.79. The third-order valence-electron chi connectivity index (χ3n) is 8.79. The Balaban J connectivity index is 1.48. The number of halogens is 4. The summed E-state index contributed by atoms with van der Waals surface area (Å²) in [5.41, 5.74) is 4.82. The molecule has 7 rings (SSSR count). The van der Waals surface area contributed by atoms with Crippen molar-refractivity contribution in [2.45, 2.75) is 5.41 Å². The lowest BCUT2D eigenvalue weighted by Crippen LogP contribution is -2.32. The van der Waals surface area contributed by atoms with Crippen molar-refractivity contribution in [2.24, 2.45) is 0 Å². The second-order valence-electron chi connectivity index (χ2n) is 11.4. The van der Waals surface area contributed by atoms with Crippen molar-refractivity contribution in [1.82, 2.24) is 0 Å². The second kappa shape index (κ2) is 12.6. The maximum Gasteiger partial charge on any atom is 0.131 e. The minimum absolute atomic E-state index is 0.340. The standard InChI is InChI=1S/C43H28F4/c44-39-13-5-1-9-35(39)29-17-23-32(24-18-29)43(38-12-4-8-16-42(38)47,33-25-19-30(20-26-33)36-10-2-6-14-40(36)45)34-27-21-31(22-28-34)37-11-3-7-15-41(37)46/h1-28H. The summed E-state index contributed by atoms with van der Waals surface area (Å²) >= 11 is 0. The predicted molar refractivity (Wildman–Crippen MR) is 181 cm³/mol. The van der Waals surface area contributed by atoms with Crippen LogP contribution in [0.5, 0.6) is 0 Å². The van der Waals surface area contributed by atoms with E-state index in [9.17, 15) is 13.2 Å². The van der Waals surface area contributed by atoms with E-state index in [4.69, 9.17) is 0 Å². The SMILES string of the molecule is Fc1ccccc1-c1ccc(C(c2ccc(-c3ccccc3F)cc2)(c2ccc(-c3ccccc3F)cc2)c2ccccc2F)cc1. The lowest BCUT2D eigenvalue weighted by Gasteiger charge is -2.37. The molecule has 7 aromatic carbocycles. The van der Waals surface area contributed by atoms with Crippen molar-refractivity contribution >= 4 is 0 Å². The van der Waals surface area contributed by atoms with Gasteiger partial charge in [0.25, 0.3) is 0 Å². The highest BCUT2D eigenvalue weighted by atomic mass is 19.1. The summed E-state index contributed by atoms with van der Waals surface area (Å²) in [5, 5.41) is 0. The molecule has 0 aliphatic carbocycles. The van der Waals surface area contributed by atoms with Crippen LogP contribution in [-0.2, 0) is 5.41 Å². The largest absolute Gasteiger partial charge is 0.207 e. The van der Waals surface area contributed by atoms with Crippen molar-refractivity contribution in [3.63, 3.8) is 0 Å². The molecule has 0 bridgehead atoms. The first kappa shape index (κ1) is 29.9. The zero-order chi connectivity index (χ0) is 32.4. The predicted octanol–water partition coefficient (Wildman–Crippen LogP) is 11.6. The molecule has 0 aliphatic heterocycles. The van der Waals surface area contributed by atoms with Crippen LogP contribution in [0.25, 0.3) is 33.4 Å². The van der Waals surface area contributed by atoms with E-state index in [1.807, 2.05) is 72.8 Å². The lowest BCUT2D eigenvalue weighted by molar-refractivity contribution is 0.581. The Morgan fingerprint density at radius 2 is 0.553 bits per heavy atom. The Bertz CT molecular complexity index is 1950. The molecule has 0 amide bonds. The van der Waals surface area contributed by atoms with Gasteiger partial charge in [-0.25, -0.2) is 17.6 Å². The Kier molecular flexibility index (Phi) is 8.01. The van der Waals surface area contributed by atoms with Crippen LogP contribution in [0.15, 0.2) is 170 Å². The summed E-state index contributed by atoms with van der Waals surface area (Å²) in [4.78, 5) is 0. The Morgan fingerprint density at radius 3 is 0.851 bits per heavy atom. The van der Waals surface area contributed by atoms with Crippen molar-refractivity contribution in [3.8, 4) is 33.4 Å². The molecule has 0 N–H and O–H groups in total. The van der Waals surface area contributed by atoms with Crippen LogP contribution in [0.3, 0.4) is 0 Å². The van der Waals surface area contributed by atoms with Gasteiger partial charge in [0.15, 0.2) is 0 Å². The molecule has 0 unspecified atom stereocenters. The average molecular weight is 621 g/mol. The molecule has 4 heteroatoms. The van der Waals surface area contributed by atoms with Crippen LogP contribution < -0.4 is 0 Å². The summed E-state index contributed by atoms with van der Waals surface area (Å²) < 4.78 is 60.5. The second-order valence-corrected chi connectivity index (χ2v) is 11.4. The number of benzene rings is 7. The lowest BCUT2D eigenvalue weighted by atomic mass is 9.64. The molecule has 0 radical (unpaired) electrons. The molecule has 0 saturated heterocycles. The summed E-state index contributed by atoms with van der Waals surface area (Å²) in [6, 6.07) is 48.7. The quantitative estimate of drug-likeness (QED) is 0.123. The van der Waals surface area contributed by atoms with Gasteiger partial charge in [-0.3, -0.25) is 0 Å². The molecule has 0 heterocycles. The summed E-state index contributed by atoms with van der Waals surface area (Å²) in [6.07, 6.45) is 0. The van der Waals surface area contributed by atoms with Gasteiger partial charge in [-0.05, 0) is 57.6 Å². The van der Waals surface area contributed by atoms with Crippen molar-refractivity contribution in [2.75, 3.05) is 0 Å². The van der Waals surface area contributed by atoms with Crippen molar-refractivity contribution in [3.05, 3.63) is 215 Å². The minimum atomic E-state index is -1.19.